The average Bonchev–Trinajstić information content (AvgIpc) is 2.27. The predicted octanol–water partition coefficient (Wildman–Crippen LogP) is 1.71. The molecule has 0 amide bonds. The topological polar surface area (TPSA) is 55.6 Å². The highest BCUT2D eigenvalue weighted by Gasteiger charge is 2.16. The van der Waals surface area contributed by atoms with E-state index < -0.39 is 12.5 Å². The molecule has 0 aliphatic carbocycles. The van der Waals surface area contributed by atoms with Crippen LogP contribution in [0.25, 0.3) is 0 Å². The third kappa shape index (κ3) is 2.39. The number of rotatable bonds is 3. The average molecular weight is 230 g/mol. The molecule has 0 heterocycles. The molecule has 0 saturated heterocycles. The van der Waals surface area contributed by atoms with Crippen molar-refractivity contribution in [3.8, 4) is 0 Å². The molecule has 1 aromatic carbocycles. The van der Waals surface area contributed by atoms with Gasteiger partial charge in [0.25, 0.3) is 0 Å². The molecule has 0 radical (unpaired) electrons. The van der Waals surface area contributed by atoms with Crippen molar-refractivity contribution in [3.05, 3.63) is 23.8 Å². The lowest BCUT2D eigenvalue weighted by Crippen LogP contribution is -2.24. The number of carbonyl (C=O) groups excluding carboxylic acids is 1. The Morgan fingerprint density at radius 2 is 2.12 bits per heavy atom. The van der Waals surface area contributed by atoms with Crippen LogP contribution in [0.15, 0.2) is 18.2 Å². The number of ether oxygens (including phenoxy) is 1. The number of nitrogens with zero attached hydrogens (tertiary/aromatic N) is 1. The second-order valence-electron chi connectivity index (χ2n) is 3.15. The molecule has 0 aliphatic heterocycles. The molecule has 0 unspecified atom stereocenters. The van der Waals surface area contributed by atoms with Gasteiger partial charge in [0.2, 0.25) is 0 Å². The summed E-state index contributed by atoms with van der Waals surface area (Å²) < 4.78 is 29.4. The summed E-state index contributed by atoms with van der Waals surface area (Å²) in [5, 5.41) is 0. The van der Waals surface area contributed by atoms with Crippen molar-refractivity contribution in [1.82, 2.24) is 0 Å². The summed E-state index contributed by atoms with van der Waals surface area (Å²) in [4.78, 5) is 11.9. The first-order valence-corrected chi connectivity index (χ1v) is 4.46. The summed E-state index contributed by atoms with van der Waals surface area (Å²) in [5.74, 6) is -0.594. The SMILES string of the molecule is COC(=O)c1ccc(N)c(N(C)C(F)F)c1. The van der Waals surface area contributed by atoms with Crippen molar-refractivity contribution in [2.45, 2.75) is 6.55 Å². The van der Waals surface area contributed by atoms with E-state index in [0.29, 0.717) is 4.90 Å². The maximum Gasteiger partial charge on any atom is 0.337 e. The van der Waals surface area contributed by atoms with Gasteiger partial charge in [0.15, 0.2) is 0 Å². The van der Waals surface area contributed by atoms with E-state index in [1.807, 2.05) is 0 Å². The van der Waals surface area contributed by atoms with E-state index in [-0.39, 0.29) is 16.9 Å². The van der Waals surface area contributed by atoms with Crippen LogP contribution in [-0.2, 0) is 4.74 Å². The Balaban J connectivity index is 3.13. The highest BCUT2D eigenvalue weighted by Crippen LogP contribution is 2.26. The largest absolute Gasteiger partial charge is 0.465 e. The van der Waals surface area contributed by atoms with Gasteiger partial charge in [-0.3, -0.25) is 0 Å². The first kappa shape index (κ1) is 12.2. The molecular weight excluding hydrogens is 218 g/mol. The van der Waals surface area contributed by atoms with Crippen molar-refractivity contribution in [3.63, 3.8) is 0 Å². The fourth-order valence-electron chi connectivity index (χ4n) is 1.20. The zero-order chi connectivity index (χ0) is 12.3. The standard InChI is InChI=1S/C10H12F2N2O2/c1-14(10(11)12)8-5-6(9(15)16-2)3-4-7(8)13/h3-5,10H,13H2,1-2H3. The predicted molar refractivity (Wildman–Crippen MR) is 56.6 cm³/mol. The summed E-state index contributed by atoms with van der Waals surface area (Å²) in [7, 11) is 2.41. The molecule has 6 heteroatoms. The molecule has 0 atom stereocenters. The van der Waals surface area contributed by atoms with Gasteiger partial charge in [0, 0.05) is 7.05 Å². The van der Waals surface area contributed by atoms with Crippen LogP contribution in [0.4, 0.5) is 20.2 Å². The van der Waals surface area contributed by atoms with E-state index in [1.54, 1.807) is 0 Å². The first-order valence-electron chi connectivity index (χ1n) is 4.46. The number of benzene rings is 1. The minimum absolute atomic E-state index is 0.0953. The fraction of sp³-hybridized carbons (Fsp3) is 0.300. The molecule has 1 aromatic rings. The highest BCUT2D eigenvalue weighted by molar-refractivity contribution is 5.92. The number of nitrogen functional groups attached to an aromatic ring is 1. The summed E-state index contributed by atoms with van der Waals surface area (Å²) in [6, 6.07) is 4.08. The highest BCUT2D eigenvalue weighted by atomic mass is 19.3. The van der Waals surface area contributed by atoms with Gasteiger partial charge >= 0.3 is 12.5 Å². The molecule has 0 spiro atoms. The molecule has 1 rings (SSSR count). The third-order valence-electron chi connectivity index (χ3n) is 2.12. The van der Waals surface area contributed by atoms with Gasteiger partial charge in [0.05, 0.1) is 24.0 Å². The van der Waals surface area contributed by atoms with Crippen LogP contribution in [-0.4, -0.2) is 26.7 Å². The van der Waals surface area contributed by atoms with Gasteiger partial charge in [-0.1, -0.05) is 0 Å². The van der Waals surface area contributed by atoms with Crippen LogP contribution < -0.4 is 10.6 Å². The number of hydrogen-bond donors (Lipinski definition) is 1. The quantitative estimate of drug-likeness (QED) is 0.488. The Bertz CT molecular complexity index is 396. The van der Waals surface area contributed by atoms with Crippen LogP contribution in [0.5, 0.6) is 0 Å². The summed E-state index contributed by atoms with van der Waals surface area (Å²) >= 11 is 0. The lowest BCUT2D eigenvalue weighted by atomic mass is 10.1. The number of methoxy groups -OCH3 is 1. The van der Waals surface area contributed by atoms with Gasteiger partial charge in [-0.2, -0.15) is 8.78 Å². The third-order valence-corrected chi connectivity index (χ3v) is 2.12. The second kappa shape index (κ2) is 4.78. The zero-order valence-corrected chi connectivity index (χ0v) is 8.91. The van der Waals surface area contributed by atoms with Crippen molar-refractivity contribution >= 4 is 17.3 Å². The zero-order valence-electron chi connectivity index (χ0n) is 8.91. The van der Waals surface area contributed by atoms with E-state index in [9.17, 15) is 13.6 Å². The minimum Gasteiger partial charge on any atom is -0.465 e. The summed E-state index contributed by atoms with van der Waals surface area (Å²) in [6.07, 6.45) is 0. The number of anilines is 2. The smallest absolute Gasteiger partial charge is 0.337 e. The van der Waals surface area contributed by atoms with Gasteiger partial charge in [-0.25, -0.2) is 4.79 Å². The van der Waals surface area contributed by atoms with Crippen molar-refractivity contribution < 1.29 is 18.3 Å². The monoisotopic (exact) mass is 230 g/mol. The Morgan fingerprint density at radius 1 is 1.50 bits per heavy atom. The molecule has 0 aromatic heterocycles. The van der Waals surface area contributed by atoms with Gasteiger partial charge in [-0.15, -0.1) is 0 Å². The summed E-state index contributed by atoms with van der Waals surface area (Å²) in [5.41, 5.74) is 5.99. The minimum atomic E-state index is -2.69. The number of nitrogens with two attached hydrogens (primary N) is 1. The van der Waals surface area contributed by atoms with E-state index in [0.717, 1.165) is 0 Å². The molecule has 16 heavy (non-hydrogen) atoms. The molecule has 0 bridgehead atoms. The van der Waals surface area contributed by atoms with Crippen LogP contribution >= 0.6 is 0 Å². The van der Waals surface area contributed by atoms with Crippen LogP contribution in [0.1, 0.15) is 10.4 Å². The van der Waals surface area contributed by atoms with Crippen LogP contribution in [0.2, 0.25) is 0 Å². The van der Waals surface area contributed by atoms with Gasteiger partial charge < -0.3 is 15.4 Å². The van der Waals surface area contributed by atoms with Crippen molar-refractivity contribution in [1.29, 1.82) is 0 Å². The molecule has 4 nitrogen and oxygen atoms in total. The molecule has 2 N–H and O–H groups in total. The van der Waals surface area contributed by atoms with E-state index in [2.05, 4.69) is 4.74 Å². The van der Waals surface area contributed by atoms with Gasteiger partial charge in [-0.05, 0) is 18.2 Å². The number of hydrogen-bond acceptors (Lipinski definition) is 4. The van der Waals surface area contributed by atoms with Crippen molar-refractivity contribution in [2.24, 2.45) is 0 Å². The molecule has 0 fully saturated rings. The first-order chi connectivity index (χ1) is 7.47. The maximum atomic E-state index is 12.5. The maximum absolute atomic E-state index is 12.5. The summed E-state index contributed by atoms with van der Waals surface area (Å²) in [6.45, 7) is -2.69. The molecule has 88 valence electrons. The second-order valence-corrected chi connectivity index (χ2v) is 3.15. The van der Waals surface area contributed by atoms with Crippen LogP contribution in [0.3, 0.4) is 0 Å². The van der Waals surface area contributed by atoms with E-state index >= 15 is 0 Å². The van der Waals surface area contributed by atoms with Crippen LogP contribution in [0, 0.1) is 0 Å². The lowest BCUT2D eigenvalue weighted by molar-refractivity contribution is 0.0600. The van der Waals surface area contributed by atoms with E-state index in [4.69, 9.17) is 5.73 Å². The fourth-order valence-corrected chi connectivity index (χ4v) is 1.20. The Kier molecular flexibility index (Phi) is 3.65. The Morgan fingerprint density at radius 3 is 2.62 bits per heavy atom. The Hall–Kier alpha value is -1.85. The van der Waals surface area contributed by atoms with Gasteiger partial charge in [0.1, 0.15) is 0 Å². The molecule has 0 aliphatic rings. The van der Waals surface area contributed by atoms with Crippen molar-refractivity contribution in [2.75, 3.05) is 24.8 Å². The molecular formula is C10H12F2N2O2. The number of esters is 1. The Labute approximate surface area is 91.6 Å². The number of alkyl halides is 2. The normalized spacial score (nSPS) is 10.3. The number of halogens is 2. The molecule has 0 saturated carbocycles. The van der Waals surface area contributed by atoms with E-state index in [1.165, 1.54) is 32.4 Å². The lowest BCUT2D eigenvalue weighted by Gasteiger charge is -2.20. The number of carbonyl (C=O) groups is 1.